The van der Waals surface area contributed by atoms with Crippen LogP contribution in [0.2, 0.25) is 5.02 Å². The SMILES string of the molecule is Cc1nc2ccccc2c(=O)n1NC(=S)Nc1ccc(Cl)cc1N([O-])O. The van der Waals surface area contributed by atoms with Crippen molar-refractivity contribution in [2.24, 2.45) is 0 Å². The Labute approximate surface area is 158 Å². The smallest absolute Gasteiger partial charge is 0.280 e. The van der Waals surface area contributed by atoms with Gasteiger partial charge in [-0.05, 0) is 49.5 Å². The van der Waals surface area contributed by atoms with Gasteiger partial charge in [-0.1, -0.05) is 23.7 Å². The van der Waals surface area contributed by atoms with Crippen LogP contribution >= 0.6 is 23.8 Å². The average molecular weight is 391 g/mol. The molecule has 0 radical (unpaired) electrons. The predicted octanol–water partition coefficient (Wildman–Crippen LogP) is 2.99. The molecular weight excluding hydrogens is 378 g/mol. The van der Waals surface area contributed by atoms with Crippen molar-refractivity contribution in [1.82, 2.24) is 9.66 Å². The first-order valence-electron chi connectivity index (χ1n) is 7.39. The molecule has 0 aliphatic carbocycles. The molecule has 0 fully saturated rings. The number of hydrogen-bond acceptors (Lipinski definition) is 6. The molecule has 0 aliphatic heterocycles. The lowest BCUT2D eigenvalue weighted by atomic mass is 10.2. The lowest BCUT2D eigenvalue weighted by molar-refractivity contribution is 0.297. The normalized spacial score (nSPS) is 10.6. The van der Waals surface area contributed by atoms with Crippen molar-refractivity contribution in [2.75, 3.05) is 16.0 Å². The molecule has 0 bridgehead atoms. The van der Waals surface area contributed by atoms with Crippen LogP contribution in [0.1, 0.15) is 5.82 Å². The third-order valence-corrected chi connectivity index (χ3v) is 4.00. The van der Waals surface area contributed by atoms with E-state index in [1.807, 2.05) is 0 Å². The maximum absolute atomic E-state index is 12.6. The van der Waals surface area contributed by atoms with Gasteiger partial charge in [-0.15, -0.1) is 0 Å². The highest BCUT2D eigenvalue weighted by Gasteiger charge is 2.11. The molecule has 0 amide bonds. The van der Waals surface area contributed by atoms with Gasteiger partial charge in [0.25, 0.3) is 5.56 Å². The number of rotatable bonds is 3. The standard InChI is InChI=1S/C16H13ClN5O3S/c1-9-18-12-5-3-2-4-11(12)15(23)21(9)20-16(26)19-13-7-6-10(17)8-14(13)22(24)25/h2-8,24H,1H3,(H2,19,20,26)/q-1. The maximum atomic E-state index is 12.6. The van der Waals surface area contributed by atoms with Crippen LogP contribution in [0.15, 0.2) is 47.3 Å². The summed E-state index contributed by atoms with van der Waals surface area (Å²) in [4.78, 5) is 17.0. The number of aromatic nitrogens is 2. The topological polar surface area (TPSA) is 105 Å². The molecule has 0 aliphatic rings. The fraction of sp³-hybridized carbons (Fsp3) is 0.0625. The van der Waals surface area contributed by atoms with Gasteiger partial charge in [0.1, 0.15) is 5.82 Å². The van der Waals surface area contributed by atoms with E-state index >= 15 is 0 Å². The summed E-state index contributed by atoms with van der Waals surface area (Å²) < 4.78 is 1.20. The molecule has 1 aromatic heterocycles. The van der Waals surface area contributed by atoms with Crippen molar-refractivity contribution in [1.29, 1.82) is 0 Å². The van der Waals surface area contributed by atoms with Gasteiger partial charge < -0.3 is 15.8 Å². The number of fused-ring (bicyclic) bond motifs is 1. The lowest BCUT2D eigenvalue weighted by Gasteiger charge is -2.25. The number of halogens is 1. The second-order valence-corrected chi connectivity index (χ2v) is 6.16. The molecule has 0 saturated carbocycles. The Morgan fingerprint density at radius 1 is 1.35 bits per heavy atom. The third-order valence-electron chi connectivity index (χ3n) is 3.57. The van der Waals surface area contributed by atoms with Crippen LogP contribution in [-0.2, 0) is 0 Å². The molecule has 26 heavy (non-hydrogen) atoms. The van der Waals surface area contributed by atoms with E-state index in [-0.39, 0.29) is 32.3 Å². The minimum absolute atomic E-state index is 0.0257. The van der Waals surface area contributed by atoms with E-state index in [0.29, 0.717) is 16.7 Å². The van der Waals surface area contributed by atoms with Crippen LogP contribution in [-0.4, -0.2) is 20.0 Å². The zero-order valence-electron chi connectivity index (χ0n) is 13.4. The van der Waals surface area contributed by atoms with Crippen LogP contribution in [0.3, 0.4) is 0 Å². The number of hydrogen-bond donors (Lipinski definition) is 3. The summed E-state index contributed by atoms with van der Waals surface area (Å²) in [5.74, 6) is 0.404. The van der Waals surface area contributed by atoms with Crippen molar-refractivity contribution in [3.8, 4) is 0 Å². The Morgan fingerprint density at radius 3 is 2.81 bits per heavy atom. The number of nitrogens with one attached hydrogen (secondary N) is 2. The van der Waals surface area contributed by atoms with Crippen LogP contribution in [0.25, 0.3) is 10.9 Å². The molecule has 0 unspecified atom stereocenters. The highest BCUT2D eigenvalue weighted by atomic mass is 35.5. The number of nitrogens with zero attached hydrogens (tertiary/aromatic N) is 3. The first kappa shape index (κ1) is 18.1. The highest BCUT2D eigenvalue weighted by Crippen LogP contribution is 2.28. The largest absolute Gasteiger partial charge is 0.733 e. The van der Waals surface area contributed by atoms with Gasteiger partial charge in [-0.25, -0.2) is 9.66 Å². The van der Waals surface area contributed by atoms with Crippen LogP contribution in [0.4, 0.5) is 11.4 Å². The Morgan fingerprint density at radius 2 is 2.08 bits per heavy atom. The monoisotopic (exact) mass is 390 g/mol. The fourth-order valence-electron chi connectivity index (χ4n) is 2.40. The maximum Gasteiger partial charge on any atom is 0.280 e. The van der Waals surface area contributed by atoms with Crippen LogP contribution in [0, 0.1) is 12.1 Å². The molecule has 2 aromatic carbocycles. The molecular formula is C16H13ClN5O3S-. The van der Waals surface area contributed by atoms with Gasteiger partial charge >= 0.3 is 0 Å². The molecule has 0 saturated heterocycles. The van der Waals surface area contributed by atoms with Crippen LogP contribution in [0.5, 0.6) is 0 Å². The summed E-state index contributed by atoms with van der Waals surface area (Å²) >= 11 is 11.0. The summed E-state index contributed by atoms with van der Waals surface area (Å²) in [6, 6.07) is 11.2. The molecule has 10 heteroatoms. The lowest BCUT2D eigenvalue weighted by Crippen LogP contribution is -2.37. The van der Waals surface area contributed by atoms with Crippen molar-refractivity contribution in [2.45, 2.75) is 6.92 Å². The minimum Gasteiger partial charge on any atom is -0.733 e. The van der Waals surface area contributed by atoms with Crippen molar-refractivity contribution < 1.29 is 5.21 Å². The quantitative estimate of drug-likeness (QED) is 0.463. The van der Waals surface area contributed by atoms with E-state index < -0.39 is 0 Å². The predicted molar refractivity (Wildman–Crippen MR) is 105 cm³/mol. The highest BCUT2D eigenvalue weighted by molar-refractivity contribution is 7.80. The summed E-state index contributed by atoms with van der Waals surface area (Å²) in [5.41, 5.74) is 3.08. The number of thiocarbonyl (C=S) groups is 1. The first-order chi connectivity index (χ1) is 12.4. The van der Waals surface area contributed by atoms with Gasteiger partial charge in [0.2, 0.25) is 0 Å². The Bertz CT molecular complexity index is 1050. The van der Waals surface area contributed by atoms with E-state index in [2.05, 4.69) is 15.7 Å². The van der Waals surface area contributed by atoms with E-state index in [1.54, 1.807) is 31.2 Å². The van der Waals surface area contributed by atoms with E-state index in [0.717, 1.165) is 0 Å². The van der Waals surface area contributed by atoms with Gasteiger partial charge in [0, 0.05) is 5.02 Å². The minimum atomic E-state index is -0.328. The first-order valence-corrected chi connectivity index (χ1v) is 8.17. The van der Waals surface area contributed by atoms with E-state index in [4.69, 9.17) is 23.8 Å². The molecule has 8 nitrogen and oxygen atoms in total. The fourth-order valence-corrected chi connectivity index (χ4v) is 2.76. The van der Waals surface area contributed by atoms with E-state index in [1.165, 1.54) is 22.9 Å². The third kappa shape index (κ3) is 3.60. The molecule has 0 atom stereocenters. The van der Waals surface area contributed by atoms with E-state index in [9.17, 15) is 15.2 Å². The average Bonchev–Trinajstić information content (AvgIpc) is 2.60. The van der Waals surface area contributed by atoms with Gasteiger partial charge in [0.15, 0.2) is 5.11 Å². The van der Waals surface area contributed by atoms with Crippen molar-refractivity contribution in [3.63, 3.8) is 0 Å². The molecule has 1 heterocycles. The molecule has 3 aromatic rings. The number of aryl methyl sites for hydroxylation is 1. The second kappa shape index (κ2) is 7.26. The van der Waals surface area contributed by atoms with Gasteiger partial charge in [0.05, 0.1) is 22.3 Å². The zero-order chi connectivity index (χ0) is 18.8. The number of anilines is 2. The Kier molecular flexibility index (Phi) is 5.05. The summed E-state index contributed by atoms with van der Waals surface area (Å²) in [6.07, 6.45) is 0. The van der Waals surface area contributed by atoms with Crippen molar-refractivity contribution in [3.05, 3.63) is 68.9 Å². The molecule has 3 N–H and O–H groups in total. The zero-order valence-corrected chi connectivity index (χ0v) is 15.0. The molecule has 3 rings (SSSR count). The number of benzene rings is 2. The van der Waals surface area contributed by atoms with Crippen molar-refractivity contribution >= 4 is 51.2 Å². The molecule has 0 spiro atoms. The second-order valence-electron chi connectivity index (χ2n) is 5.32. The van der Waals surface area contributed by atoms with Gasteiger partial charge in [-0.2, -0.15) is 0 Å². The number of para-hydroxylation sites is 1. The summed E-state index contributed by atoms with van der Waals surface area (Å²) in [6.45, 7) is 1.66. The van der Waals surface area contributed by atoms with Gasteiger partial charge in [-0.3, -0.25) is 15.4 Å². The summed E-state index contributed by atoms with van der Waals surface area (Å²) in [5, 5.41) is 23.6. The Hall–Kier alpha value is -2.72. The molecule has 134 valence electrons. The van der Waals surface area contributed by atoms with Crippen LogP contribution < -0.4 is 21.5 Å². The Balaban J connectivity index is 1.90. The summed E-state index contributed by atoms with van der Waals surface area (Å²) in [7, 11) is 0.